The SMILES string of the molecule is Cc1ccccc1OCC(=O)Nc1ccc(-n2nnc(C(=O)NC3CC3)n2)cc1. The van der Waals surface area contributed by atoms with E-state index in [-0.39, 0.29) is 30.3 Å². The largest absolute Gasteiger partial charge is 0.483 e. The lowest BCUT2D eigenvalue weighted by Gasteiger charge is -2.09. The van der Waals surface area contributed by atoms with Crippen LogP contribution in [0.2, 0.25) is 0 Å². The number of carbonyl (C=O) groups excluding carboxylic acids is 2. The normalized spacial score (nSPS) is 13.0. The number of nitrogens with zero attached hydrogens (tertiary/aromatic N) is 4. The van der Waals surface area contributed by atoms with E-state index in [1.807, 2.05) is 31.2 Å². The molecule has 0 aliphatic heterocycles. The van der Waals surface area contributed by atoms with Crippen LogP contribution in [0.3, 0.4) is 0 Å². The average molecular weight is 392 g/mol. The van der Waals surface area contributed by atoms with Crippen molar-refractivity contribution >= 4 is 17.5 Å². The van der Waals surface area contributed by atoms with Crippen LogP contribution in [0, 0.1) is 6.92 Å². The maximum atomic E-state index is 12.1. The molecule has 2 N–H and O–H groups in total. The number of ether oxygens (including phenoxy) is 1. The van der Waals surface area contributed by atoms with Crippen LogP contribution >= 0.6 is 0 Å². The van der Waals surface area contributed by atoms with Gasteiger partial charge in [-0.15, -0.1) is 15.0 Å². The first kappa shape index (κ1) is 18.6. The third-order valence-electron chi connectivity index (χ3n) is 4.36. The maximum absolute atomic E-state index is 12.1. The van der Waals surface area contributed by atoms with Gasteiger partial charge in [-0.2, -0.15) is 0 Å². The van der Waals surface area contributed by atoms with Crippen LogP contribution in [0.5, 0.6) is 5.75 Å². The molecular formula is C20H20N6O3. The van der Waals surface area contributed by atoms with Crippen molar-refractivity contribution in [3.63, 3.8) is 0 Å². The monoisotopic (exact) mass is 392 g/mol. The Hall–Kier alpha value is -3.75. The lowest BCUT2D eigenvalue weighted by Crippen LogP contribution is -2.26. The number of rotatable bonds is 7. The molecule has 0 atom stereocenters. The van der Waals surface area contributed by atoms with Crippen molar-refractivity contribution < 1.29 is 14.3 Å². The minimum atomic E-state index is -0.323. The van der Waals surface area contributed by atoms with Crippen molar-refractivity contribution in [2.24, 2.45) is 0 Å². The molecule has 1 aliphatic carbocycles. The van der Waals surface area contributed by atoms with Gasteiger partial charge in [0.25, 0.3) is 17.6 Å². The standard InChI is InChI=1S/C20H20N6O3/c1-13-4-2-3-5-17(13)29-12-18(27)21-14-8-10-16(11-9-14)26-24-19(23-25-26)20(28)22-15-6-7-15/h2-5,8-11,15H,6-7,12H2,1H3,(H,21,27)(H,22,28). The van der Waals surface area contributed by atoms with Gasteiger partial charge < -0.3 is 15.4 Å². The van der Waals surface area contributed by atoms with Crippen LogP contribution in [-0.2, 0) is 4.79 Å². The fourth-order valence-electron chi connectivity index (χ4n) is 2.63. The van der Waals surface area contributed by atoms with Crippen molar-refractivity contribution in [3.8, 4) is 11.4 Å². The number of nitrogens with one attached hydrogen (secondary N) is 2. The Balaban J connectivity index is 1.33. The number of carbonyl (C=O) groups is 2. The second-order valence-corrected chi connectivity index (χ2v) is 6.80. The van der Waals surface area contributed by atoms with Gasteiger partial charge >= 0.3 is 0 Å². The summed E-state index contributed by atoms with van der Waals surface area (Å²) in [7, 11) is 0. The molecule has 0 saturated heterocycles. The smallest absolute Gasteiger partial charge is 0.293 e. The number of tetrazole rings is 1. The molecule has 0 bridgehead atoms. The van der Waals surface area contributed by atoms with Crippen LogP contribution < -0.4 is 15.4 Å². The van der Waals surface area contributed by atoms with Crippen LogP contribution in [0.15, 0.2) is 48.5 Å². The summed E-state index contributed by atoms with van der Waals surface area (Å²) in [4.78, 5) is 25.3. The summed E-state index contributed by atoms with van der Waals surface area (Å²) in [6.07, 6.45) is 1.98. The zero-order valence-electron chi connectivity index (χ0n) is 15.8. The first-order chi connectivity index (χ1) is 14.1. The Kier molecular flexibility index (Phi) is 5.19. The fraction of sp³-hybridized carbons (Fsp3) is 0.250. The molecule has 148 valence electrons. The average Bonchev–Trinajstić information content (AvgIpc) is 3.39. The molecule has 2 aromatic carbocycles. The fourth-order valence-corrected chi connectivity index (χ4v) is 2.63. The van der Waals surface area contributed by atoms with Gasteiger partial charge in [0.2, 0.25) is 0 Å². The van der Waals surface area contributed by atoms with E-state index >= 15 is 0 Å². The van der Waals surface area contributed by atoms with E-state index in [1.165, 1.54) is 4.80 Å². The molecule has 0 unspecified atom stereocenters. The minimum Gasteiger partial charge on any atom is -0.483 e. The highest BCUT2D eigenvalue weighted by atomic mass is 16.5. The van der Waals surface area contributed by atoms with Crippen molar-refractivity contribution in [2.45, 2.75) is 25.8 Å². The first-order valence-corrected chi connectivity index (χ1v) is 9.28. The van der Waals surface area contributed by atoms with Gasteiger partial charge in [-0.1, -0.05) is 18.2 Å². The molecule has 0 radical (unpaired) electrons. The molecule has 1 heterocycles. The number of anilines is 1. The van der Waals surface area contributed by atoms with Crippen LogP contribution in [0.1, 0.15) is 29.0 Å². The number of benzene rings is 2. The second-order valence-electron chi connectivity index (χ2n) is 6.80. The van der Waals surface area contributed by atoms with Crippen molar-refractivity contribution in [1.82, 2.24) is 25.5 Å². The van der Waals surface area contributed by atoms with E-state index < -0.39 is 0 Å². The Bertz CT molecular complexity index is 1030. The summed E-state index contributed by atoms with van der Waals surface area (Å²) in [5, 5.41) is 17.4. The first-order valence-electron chi connectivity index (χ1n) is 9.28. The zero-order valence-corrected chi connectivity index (χ0v) is 15.8. The van der Waals surface area contributed by atoms with E-state index in [9.17, 15) is 9.59 Å². The van der Waals surface area contributed by atoms with Gasteiger partial charge in [-0.05, 0) is 60.9 Å². The van der Waals surface area contributed by atoms with E-state index in [2.05, 4.69) is 26.0 Å². The van der Waals surface area contributed by atoms with Crippen molar-refractivity contribution in [1.29, 1.82) is 0 Å². The van der Waals surface area contributed by atoms with Gasteiger partial charge in [0, 0.05) is 11.7 Å². The van der Waals surface area contributed by atoms with Gasteiger partial charge in [0.05, 0.1) is 5.69 Å². The number of amides is 2. The van der Waals surface area contributed by atoms with Gasteiger partial charge in [0.15, 0.2) is 6.61 Å². The number of aromatic nitrogens is 4. The topological polar surface area (TPSA) is 111 Å². The van der Waals surface area contributed by atoms with Crippen LogP contribution in [0.4, 0.5) is 5.69 Å². The predicted molar refractivity (Wildman–Crippen MR) is 105 cm³/mol. The molecule has 1 saturated carbocycles. The van der Waals surface area contributed by atoms with Gasteiger partial charge in [-0.3, -0.25) is 9.59 Å². The molecule has 9 nitrogen and oxygen atoms in total. The van der Waals surface area contributed by atoms with Gasteiger partial charge in [-0.25, -0.2) is 0 Å². The Labute approximate surface area is 167 Å². The number of para-hydroxylation sites is 1. The molecule has 3 aromatic rings. The molecule has 9 heteroatoms. The third kappa shape index (κ3) is 4.75. The van der Waals surface area contributed by atoms with Crippen molar-refractivity contribution in [3.05, 3.63) is 59.9 Å². The summed E-state index contributed by atoms with van der Waals surface area (Å²) in [6.45, 7) is 1.84. The van der Waals surface area contributed by atoms with Crippen LogP contribution in [-0.4, -0.2) is 44.7 Å². The van der Waals surface area contributed by atoms with E-state index in [1.54, 1.807) is 24.3 Å². The van der Waals surface area contributed by atoms with Crippen LogP contribution in [0.25, 0.3) is 5.69 Å². The summed E-state index contributed by atoms with van der Waals surface area (Å²) in [6, 6.07) is 14.6. The molecule has 29 heavy (non-hydrogen) atoms. The van der Waals surface area contributed by atoms with E-state index in [4.69, 9.17) is 4.74 Å². The molecule has 1 aliphatic rings. The minimum absolute atomic E-state index is 0.0302. The number of hydrogen-bond donors (Lipinski definition) is 2. The highest BCUT2D eigenvalue weighted by Crippen LogP contribution is 2.19. The summed E-state index contributed by atoms with van der Waals surface area (Å²) in [5.41, 5.74) is 2.20. The second kappa shape index (κ2) is 8.09. The molecule has 1 fully saturated rings. The summed E-state index contributed by atoms with van der Waals surface area (Å²) >= 11 is 0. The molecule has 0 spiro atoms. The molecule has 1 aromatic heterocycles. The Morgan fingerprint density at radius 2 is 1.90 bits per heavy atom. The van der Waals surface area contributed by atoms with Gasteiger partial charge in [0.1, 0.15) is 5.75 Å². The maximum Gasteiger partial charge on any atom is 0.293 e. The lowest BCUT2D eigenvalue weighted by atomic mass is 10.2. The zero-order chi connectivity index (χ0) is 20.2. The molecule has 2 amide bonds. The highest BCUT2D eigenvalue weighted by Gasteiger charge is 2.25. The Morgan fingerprint density at radius 3 is 2.62 bits per heavy atom. The van der Waals surface area contributed by atoms with E-state index in [0.29, 0.717) is 17.1 Å². The highest BCUT2D eigenvalue weighted by molar-refractivity contribution is 5.92. The lowest BCUT2D eigenvalue weighted by molar-refractivity contribution is -0.118. The Morgan fingerprint density at radius 1 is 1.14 bits per heavy atom. The summed E-state index contributed by atoms with van der Waals surface area (Å²) in [5.74, 6) is 0.120. The predicted octanol–water partition coefficient (Wildman–Crippen LogP) is 1.88. The van der Waals surface area contributed by atoms with E-state index in [0.717, 1.165) is 18.4 Å². The number of hydrogen-bond acceptors (Lipinski definition) is 6. The molecular weight excluding hydrogens is 372 g/mol. The third-order valence-corrected chi connectivity index (χ3v) is 4.36. The number of aryl methyl sites for hydroxylation is 1. The van der Waals surface area contributed by atoms with Crippen molar-refractivity contribution in [2.75, 3.05) is 11.9 Å². The molecule has 4 rings (SSSR count). The quantitative estimate of drug-likeness (QED) is 0.635. The summed E-state index contributed by atoms with van der Waals surface area (Å²) < 4.78 is 5.54.